The maximum Gasteiger partial charge on any atom is 0.255 e. The molecule has 0 saturated heterocycles. The molecule has 2 amide bonds. The lowest BCUT2D eigenvalue weighted by atomic mass is 10.1. The molecule has 1 atom stereocenters. The van der Waals surface area contributed by atoms with Crippen molar-refractivity contribution in [1.29, 1.82) is 0 Å². The Morgan fingerprint density at radius 2 is 2.00 bits per heavy atom. The number of amides is 2. The van der Waals surface area contributed by atoms with E-state index in [1.165, 1.54) is 6.08 Å². The highest BCUT2D eigenvalue weighted by Gasteiger charge is 2.15. The normalized spacial score (nSPS) is 11.9. The molecule has 6 nitrogen and oxygen atoms in total. The van der Waals surface area contributed by atoms with Crippen molar-refractivity contribution in [2.75, 3.05) is 13.7 Å². The first-order chi connectivity index (χ1) is 12.0. The molecule has 0 aliphatic heterocycles. The summed E-state index contributed by atoms with van der Waals surface area (Å²) in [5.74, 6) is -0.0876. The van der Waals surface area contributed by atoms with Gasteiger partial charge in [-0.25, -0.2) is 0 Å². The van der Waals surface area contributed by atoms with Crippen LogP contribution in [-0.4, -0.2) is 35.4 Å². The summed E-state index contributed by atoms with van der Waals surface area (Å²) in [6.07, 6.45) is 6.70. The van der Waals surface area contributed by atoms with Gasteiger partial charge in [0.1, 0.15) is 5.75 Å². The molecule has 2 N–H and O–H groups in total. The third-order valence-corrected chi connectivity index (χ3v) is 3.77. The van der Waals surface area contributed by atoms with Crippen LogP contribution in [-0.2, 0) is 9.59 Å². The molecule has 0 bridgehead atoms. The van der Waals surface area contributed by atoms with Gasteiger partial charge in [0.25, 0.3) is 5.91 Å². The van der Waals surface area contributed by atoms with E-state index in [1.54, 1.807) is 54.7 Å². The van der Waals surface area contributed by atoms with Crippen LogP contribution in [0.5, 0.6) is 5.75 Å². The van der Waals surface area contributed by atoms with Crippen LogP contribution < -0.4 is 10.5 Å². The van der Waals surface area contributed by atoms with E-state index in [1.807, 2.05) is 19.1 Å². The van der Waals surface area contributed by atoms with Gasteiger partial charge in [-0.3, -0.25) is 14.6 Å². The Labute approximate surface area is 146 Å². The van der Waals surface area contributed by atoms with Crippen LogP contribution in [0.1, 0.15) is 24.1 Å². The van der Waals surface area contributed by atoms with Gasteiger partial charge >= 0.3 is 0 Å². The molecule has 2 rings (SSSR count). The molecule has 25 heavy (non-hydrogen) atoms. The van der Waals surface area contributed by atoms with E-state index in [9.17, 15) is 9.59 Å². The van der Waals surface area contributed by atoms with Crippen molar-refractivity contribution in [3.63, 3.8) is 0 Å². The summed E-state index contributed by atoms with van der Waals surface area (Å²) < 4.78 is 5.19. The zero-order valence-electron chi connectivity index (χ0n) is 14.3. The smallest absolute Gasteiger partial charge is 0.255 e. The third-order valence-electron chi connectivity index (χ3n) is 3.77. The molecule has 1 heterocycles. The Hall–Kier alpha value is -3.15. The van der Waals surface area contributed by atoms with Gasteiger partial charge in [-0.15, -0.1) is 0 Å². The molecule has 1 aromatic carbocycles. The van der Waals surface area contributed by atoms with E-state index in [-0.39, 0.29) is 18.6 Å². The van der Waals surface area contributed by atoms with Crippen LogP contribution in [0.25, 0.3) is 6.08 Å². The predicted octanol–water partition coefficient (Wildman–Crippen LogP) is 2.18. The van der Waals surface area contributed by atoms with E-state index in [0.717, 1.165) is 11.1 Å². The highest BCUT2D eigenvalue weighted by Crippen LogP contribution is 2.18. The second kappa shape index (κ2) is 8.63. The molecule has 130 valence electrons. The summed E-state index contributed by atoms with van der Waals surface area (Å²) in [5, 5.41) is 0. The molecular weight excluding hydrogens is 318 g/mol. The van der Waals surface area contributed by atoms with Crippen LogP contribution in [0.4, 0.5) is 0 Å². The van der Waals surface area contributed by atoms with E-state index in [0.29, 0.717) is 5.75 Å². The lowest BCUT2D eigenvalue weighted by Gasteiger charge is -2.23. The Morgan fingerprint density at radius 1 is 1.28 bits per heavy atom. The number of carbonyl (C=O) groups is 2. The van der Waals surface area contributed by atoms with Crippen LogP contribution in [0, 0.1) is 0 Å². The van der Waals surface area contributed by atoms with Crippen LogP contribution in [0.15, 0.2) is 54.9 Å². The minimum atomic E-state index is -0.527. The van der Waals surface area contributed by atoms with Crippen molar-refractivity contribution in [3.05, 3.63) is 66.0 Å². The summed E-state index contributed by atoms with van der Waals surface area (Å²) in [7, 11) is 1.76. The first-order valence-electron chi connectivity index (χ1n) is 7.83. The van der Waals surface area contributed by atoms with Crippen molar-refractivity contribution in [1.82, 2.24) is 9.88 Å². The summed E-state index contributed by atoms with van der Waals surface area (Å²) in [6.45, 7) is 1.79. The Bertz CT molecular complexity index is 742. The molecule has 1 aromatic heterocycles. The zero-order valence-corrected chi connectivity index (χ0v) is 14.3. The molecule has 0 aliphatic rings. The van der Waals surface area contributed by atoms with Crippen molar-refractivity contribution in [3.8, 4) is 5.75 Å². The molecule has 0 spiro atoms. The predicted molar refractivity (Wildman–Crippen MR) is 95.6 cm³/mol. The summed E-state index contributed by atoms with van der Waals surface area (Å²) in [6, 6.07) is 10.7. The highest BCUT2D eigenvalue weighted by atomic mass is 16.5. The Kier molecular flexibility index (Phi) is 6.28. The van der Waals surface area contributed by atoms with Crippen LogP contribution in [0.2, 0.25) is 0 Å². The fourth-order valence-corrected chi connectivity index (χ4v) is 2.15. The quantitative estimate of drug-likeness (QED) is 0.784. The number of ether oxygens (including phenoxy) is 1. The van der Waals surface area contributed by atoms with Gasteiger partial charge in [0.05, 0.1) is 6.04 Å². The molecule has 0 radical (unpaired) electrons. The zero-order chi connectivity index (χ0) is 18.2. The first kappa shape index (κ1) is 18.2. The molecule has 0 saturated carbocycles. The van der Waals surface area contributed by atoms with E-state index < -0.39 is 5.91 Å². The highest BCUT2D eigenvalue weighted by molar-refractivity contribution is 5.91. The third kappa shape index (κ3) is 5.46. The van der Waals surface area contributed by atoms with Crippen molar-refractivity contribution >= 4 is 17.9 Å². The first-order valence-corrected chi connectivity index (χ1v) is 7.83. The van der Waals surface area contributed by atoms with Gasteiger partial charge in [0.2, 0.25) is 5.91 Å². The number of rotatable bonds is 7. The number of benzene rings is 1. The minimum Gasteiger partial charge on any atom is -0.484 e. The van der Waals surface area contributed by atoms with Gasteiger partial charge in [-0.2, -0.15) is 0 Å². The number of hydrogen-bond acceptors (Lipinski definition) is 4. The summed E-state index contributed by atoms with van der Waals surface area (Å²) in [4.78, 5) is 28.7. The number of nitrogens with zero attached hydrogens (tertiary/aromatic N) is 2. The Morgan fingerprint density at radius 3 is 2.60 bits per heavy atom. The number of likely N-dealkylation sites (N-methyl/N-ethyl adjacent to an activating group) is 1. The van der Waals surface area contributed by atoms with Gasteiger partial charge < -0.3 is 15.4 Å². The largest absolute Gasteiger partial charge is 0.484 e. The molecule has 0 fully saturated rings. The van der Waals surface area contributed by atoms with Crippen molar-refractivity contribution < 1.29 is 14.3 Å². The second-order valence-corrected chi connectivity index (χ2v) is 5.57. The van der Waals surface area contributed by atoms with Crippen molar-refractivity contribution in [2.24, 2.45) is 5.73 Å². The van der Waals surface area contributed by atoms with Gasteiger partial charge in [0, 0.05) is 25.5 Å². The number of nitrogens with two attached hydrogens (primary N) is 1. The molecular formula is C19H21N3O3. The molecule has 2 aromatic rings. The molecule has 6 heteroatoms. The average molecular weight is 339 g/mol. The summed E-state index contributed by atoms with van der Waals surface area (Å²) in [5.41, 5.74) is 6.85. The fraction of sp³-hybridized carbons (Fsp3) is 0.211. The van der Waals surface area contributed by atoms with E-state index in [2.05, 4.69) is 4.98 Å². The minimum absolute atomic E-state index is 0.0737. The maximum absolute atomic E-state index is 12.3. The number of hydrogen-bond donors (Lipinski definition) is 1. The van der Waals surface area contributed by atoms with E-state index >= 15 is 0 Å². The van der Waals surface area contributed by atoms with Crippen LogP contribution in [0.3, 0.4) is 0 Å². The lowest BCUT2D eigenvalue weighted by molar-refractivity contribution is -0.126. The number of primary amides is 1. The molecule has 1 unspecified atom stereocenters. The standard InChI is InChI=1S/C19H21N3O3/c1-14(16-4-3-11-21-12-16)22(2)19(24)10-7-15-5-8-17(9-6-15)25-13-18(20)23/h3-12,14H,13H2,1-2H3,(H2,20,23). The monoisotopic (exact) mass is 339 g/mol. The van der Waals surface area contributed by atoms with E-state index in [4.69, 9.17) is 10.5 Å². The Balaban J connectivity index is 1.96. The van der Waals surface area contributed by atoms with Gasteiger partial charge in [0.15, 0.2) is 6.61 Å². The van der Waals surface area contributed by atoms with Crippen molar-refractivity contribution in [2.45, 2.75) is 13.0 Å². The second-order valence-electron chi connectivity index (χ2n) is 5.57. The molecule has 0 aliphatic carbocycles. The SMILES string of the molecule is CC(c1cccnc1)N(C)C(=O)C=Cc1ccc(OCC(N)=O)cc1. The maximum atomic E-state index is 12.3. The van der Waals surface area contributed by atoms with Gasteiger partial charge in [-0.1, -0.05) is 18.2 Å². The number of aromatic nitrogens is 1. The van der Waals surface area contributed by atoms with Crippen LogP contribution >= 0.6 is 0 Å². The lowest BCUT2D eigenvalue weighted by Crippen LogP contribution is -2.28. The average Bonchev–Trinajstić information content (AvgIpc) is 2.64. The summed E-state index contributed by atoms with van der Waals surface area (Å²) >= 11 is 0. The number of carbonyl (C=O) groups excluding carboxylic acids is 2. The number of pyridine rings is 1. The fourth-order valence-electron chi connectivity index (χ4n) is 2.15. The topological polar surface area (TPSA) is 85.5 Å². The van der Waals surface area contributed by atoms with Gasteiger partial charge in [-0.05, 0) is 42.3 Å².